The van der Waals surface area contributed by atoms with E-state index < -0.39 is 5.91 Å². The van der Waals surface area contributed by atoms with Crippen LogP contribution in [0.2, 0.25) is 5.02 Å². The van der Waals surface area contributed by atoms with Gasteiger partial charge in [0.2, 0.25) is 0 Å². The number of carbonyl (C=O) groups is 1. The van der Waals surface area contributed by atoms with E-state index in [4.69, 9.17) is 30.2 Å². The van der Waals surface area contributed by atoms with Gasteiger partial charge in [-0.3, -0.25) is 4.79 Å². The van der Waals surface area contributed by atoms with Gasteiger partial charge in [0.15, 0.2) is 5.76 Å². The summed E-state index contributed by atoms with van der Waals surface area (Å²) < 4.78 is 21.5. The molecule has 2 aromatic carbocycles. The van der Waals surface area contributed by atoms with E-state index in [1.807, 2.05) is 30.3 Å². The molecule has 0 unspecified atom stereocenters. The Morgan fingerprint density at radius 3 is 2.52 bits per heavy atom. The van der Waals surface area contributed by atoms with E-state index in [-0.39, 0.29) is 12.4 Å². The van der Waals surface area contributed by atoms with Crippen LogP contribution >= 0.6 is 11.6 Å². The van der Waals surface area contributed by atoms with Crippen LogP contribution in [0.5, 0.6) is 17.2 Å². The Hall–Kier alpha value is -3.12. The Bertz CT molecular complexity index is 923. The van der Waals surface area contributed by atoms with E-state index in [2.05, 4.69) is 5.32 Å². The largest absolute Gasteiger partial charge is 0.495 e. The predicted octanol–water partition coefficient (Wildman–Crippen LogP) is 4.78. The number of benzene rings is 2. The molecule has 7 heteroatoms. The van der Waals surface area contributed by atoms with Crippen molar-refractivity contribution in [2.45, 2.75) is 6.61 Å². The van der Waals surface area contributed by atoms with Crippen LogP contribution in [0.1, 0.15) is 16.1 Å². The number of hydrogen-bond acceptors (Lipinski definition) is 5. The van der Waals surface area contributed by atoms with Crippen molar-refractivity contribution in [3.05, 3.63) is 71.1 Å². The first-order valence-electron chi connectivity index (χ1n) is 8.09. The molecule has 0 radical (unpaired) electrons. The zero-order valence-electron chi connectivity index (χ0n) is 14.8. The van der Waals surface area contributed by atoms with E-state index in [9.17, 15) is 4.79 Å². The maximum atomic E-state index is 12.7. The number of furan rings is 1. The van der Waals surface area contributed by atoms with Gasteiger partial charge in [-0.1, -0.05) is 29.8 Å². The van der Waals surface area contributed by atoms with Crippen LogP contribution in [0, 0.1) is 0 Å². The quantitative estimate of drug-likeness (QED) is 0.631. The molecule has 0 aliphatic heterocycles. The summed E-state index contributed by atoms with van der Waals surface area (Å²) in [6.07, 6.45) is 1.44. The molecule has 0 atom stereocenters. The van der Waals surface area contributed by atoms with Gasteiger partial charge in [0.25, 0.3) is 5.91 Å². The highest BCUT2D eigenvalue weighted by atomic mass is 35.5. The lowest BCUT2D eigenvalue weighted by Gasteiger charge is -2.13. The standard InChI is InChI=1S/C20H18ClNO5/c1-24-17-11-16(18(25-2)10-15(17)21)22-20(23)19-13(8-9-26-19)12-27-14-6-4-3-5-7-14/h3-11H,12H2,1-2H3,(H,22,23). The summed E-state index contributed by atoms with van der Waals surface area (Å²) in [6.45, 7) is 0.199. The van der Waals surface area contributed by atoms with Crippen LogP contribution < -0.4 is 19.5 Å². The molecule has 0 saturated carbocycles. The number of carbonyl (C=O) groups excluding carboxylic acids is 1. The van der Waals surface area contributed by atoms with Crippen LogP contribution in [-0.4, -0.2) is 20.1 Å². The Labute approximate surface area is 161 Å². The van der Waals surface area contributed by atoms with Gasteiger partial charge in [0.05, 0.1) is 31.2 Å². The molecule has 140 valence electrons. The highest BCUT2D eigenvalue weighted by Crippen LogP contribution is 2.36. The summed E-state index contributed by atoms with van der Waals surface area (Å²) >= 11 is 6.09. The average Bonchev–Trinajstić information content (AvgIpc) is 3.17. The van der Waals surface area contributed by atoms with Crippen molar-refractivity contribution in [1.82, 2.24) is 0 Å². The minimum absolute atomic E-state index is 0.155. The number of methoxy groups -OCH3 is 2. The number of ether oxygens (including phenoxy) is 3. The van der Waals surface area contributed by atoms with Gasteiger partial charge in [-0.05, 0) is 18.2 Å². The van der Waals surface area contributed by atoms with Crippen molar-refractivity contribution in [1.29, 1.82) is 0 Å². The van der Waals surface area contributed by atoms with Crippen LogP contribution in [0.3, 0.4) is 0 Å². The van der Waals surface area contributed by atoms with Gasteiger partial charge >= 0.3 is 0 Å². The zero-order valence-corrected chi connectivity index (χ0v) is 15.6. The predicted molar refractivity (Wildman–Crippen MR) is 102 cm³/mol. The summed E-state index contributed by atoms with van der Waals surface area (Å²) in [5, 5.41) is 3.13. The van der Waals surface area contributed by atoms with Gasteiger partial charge < -0.3 is 23.9 Å². The van der Waals surface area contributed by atoms with Gasteiger partial charge in [-0.2, -0.15) is 0 Å². The second-order valence-corrected chi connectivity index (χ2v) is 5.93. The summed E-state index contributed by atoms with van der Waals surface area (Å²) in [5.41, 5.74) is 1.03. The molecule has 0 aliphatic rings. The first-order chi connectivity index (χ1) is 13.1. The molecule has 3 rings (SSSR count). The molecule has 0 saturated heterocycles. The molecule has 27 heavy (non-hydrogen) atoms. The number of hydrogen-bond donors (Lipinski definition) is 1. The molecule has 1 aromatic heterocycles. The third-order valence-corrected chi connectivity index (χ3v) is 4.11. The van der Waals surface area contributed by atoms with Crippen LogP contribution in [0.25, 0.3) is 0 Å². The minimum atomic E-state index is -0.436. The Morgan fingerprint density at radius 2 is 1.81 bits per heavy atom. The van der Waals surface area contributed by atoms with Crippen LogP contribution in [0.15, 0.2) is 59.2 Å². The zero-order chi connectivity index (χ0) is 19.2. The summed E-state index contributed by atoms with van der Waals surface area (Å²) in [5.74, 6) is 1.24. The third kappa shape index (κ3) is 4.35. The van der Waals surface area contributed by atoms with E-state index in [1.165, 1.54) is 20.5 Å². The molecule has 3 aromatic rings. The minimum Gasteiger partial charge on any atom is -0.495 e. The number of anilines is 1. The van der Waals surface area contributed by atoms with Gasteiger partial charge in [0.1, 0.15) is 23.9 Å². The fourth-order valence-electron chi connectivity index (χ4n) is 2.46. The molecule has 0 aliphatic carbocycles. The lowest BCUT2D eigenvalue weighted by atomic mass is 10.2. The Kier molecular flexibility index (Phi) is 5.88. The molecule has 1 amide bonds. The Balaban J connectivity index is 1.77. The SMILES string of the molecule is COc1cc(NC(=O)c2occc2COc2ccccc2)c(OC)cc1Cl. The van der Waals surface area contributed by atoms with E-state index in [0.29, 0.717) is 33.5 Å². The lowest BCUT2D eigenvalue weighted by molar-refractivity contribution is 0.0993. The van der Waals surface area contributed by atoms with Gasteiger partial charge in [-0.25, -0.2) is 0 Å². The summed E-state index contributed by atoms with van der Waals surface area (Å²) in [4.78, 5) is 12.7. The van der Waals surface area contributed by atoms with E-state index in [0.717, 1.165) is 0 Å². The van der Waals surface area contributed by atoms with E-state index >= 15 is 0 Å². The molecular weight excluding hydrogens is 370 g/mol. The molecule has 1 N–H and O–H groups in total. The fourth-order valence-corrected chi connectivity index (χ4v) is 2.69. The first kappa shape index (κ1) is 18.7. The summed E-state index contributed by atoms with van der Waals surface area (Å²) in [7, 11) is 2.98. The second-order valence-electron chi connectivity index (χ2n) is 5.52. The third-order valence-electron chi connectivity index (χ3n) is 3.81. The second kappa shape index (κ2) is 8.51. The van der Waals surface area contributed by atoms with Crippen LogP contribution in [-0.2, 0) is 6.61 Å². The number of para-hydroxylation sites is 1. The average molecular weight is 388 g/mol. The maximum Gasteiger partial charge on any atom is 0.291 e. The maximum absolute atomic E-state index is 12.7. The van der Waals surface area contributed by atoms with Crippen molar-refractivity contribution in [3.8, 4) is 17.2 Å². The van der Waals surface area contributed by atoms with Crippen LogP contribution in [0.4, 0.5) is 5.69 Å². The van der Waals surface area contributed by atoms with Gasteiger partial charge in [-0.15, -0.1) is 0 Å². The number of amides is 1. The van der Waals surface area contributed by atoms with E-state index in [1.54, 1.807) is 18.2 Å². The summed E-state index contributed by atoms with van der Waals surface area (Å²) in [6, 6.07) is 14.2. The molecule has 0 fully saturated rings. The normalized spacial score (nSPS) is 10.3. The van der Waals surface area contributed by atoms with Crippen molar-refractivity contribution in [2.24, 2.45) is 0 Å². The number of halogens is 1. The van der Waals surface area contributed by atoms with Gasteiger partial charge in [0, 0.05) is 17.7 Å². The Morgan fingerprint density at radius 1 is 1.07 bits per heavy atom. The van der Waals surface area contributed by atoms with Crippen molar-refractivity contribution >= 4 is 23.2 Å². The fraction of sp³-hybridized carbons (Fsp3) is 0.150. The molecule has 0 spiro atoms. The monoisotopic (exact) mass is 387 g/mol. The smallest absolute Gasteiger partial charge is 0.291 e. The number of rotatable bonds is 7. The van der Waals surface area contributed by atoms with Crippen molar-refractivity contribution in [2.75, 3.05) is 19.5 Å². The molecule has 0 bridgehead atoms. The van der Waals surface area contributed by atoms with Crippen molar-refractivity contribution < 1.29 is 23.4 Å². The molecule has 1 heterocycles. The highest BCUT2D eigenvalue weighted by molar-refractivity contribution is 6.32. The van der Waals surface area contributed by atoms with Crippen molar-refractivity contribution in [3.63, 3.8) is 0 Å². The first-order valence-corrected chi connectivity index (χ1v) is 8.47. The highest BCUT2D eigenvalue weighted by Gasteiger charge is 2.19. The molecule has 6 nitrogen and oxygen atoms in total. The number of nitrogens with one attached hydrogen (secondary N) is 1. The molecular formula is C20H18ClNO5. The topological polar surface area (TPSA) is 69.9 Å². The lowest BCUT2D eigenvalue weighted by Crippen LogP contribution is -2.14.